The van der Waals surface area contributed by atoms with Crippen LogP contribution in [0.3, 0.4) is 0 Å². The van der Waals surface area contributed by atoms with Gasteiger partial charge >= 0.3 is 0 Å². The maximum absolute atomic E-state index is 12.0. The van der Waals surface area contributed by atoms with Crippen LogP contribution in [0.5, 0.6) is 0 Å². The average molecular weight is 265 g/mol. The molecule has 0 unspecified atom stereocenters. The fraction of sp³-hybridized carbons (Fsp3) is 0.692. The first-order chi connectivity index (χ1) is 9.29. The third-order valence-corrected chi connectivity index (χ3v) is 4.12. The van der Waals surface area contributed by atoms with Crippen molar-refractivity contribution in [3.05, 3.63) is 18.2 Å². The Labute approximate surface area is 111 Å². The number of methoxy groups -OCH3 is 1. The van der Waals surface area contributed by atoms with Crippen molar-refractivity contribution in [2.45, 2.75) is 25.0 Å². The predicted molar refractivity (Wildman–Crippen MR) is 67.4 cm³/mol. The summed E-state index contributed by atoms with van der Waals surface area (Å²) in [6.45, 7) is 1.43. The minimum absolute atomic E-state index is 0.0284. The second-order valence-corrected chi connectivity index (χ2v) is 5.25. The number of nitrogens with one attached hydrogen (secondary N) is 2. The largest absolute Gasteiger partial charge is 0.384 e. The Balaban J connectivity index is 1.57. The molecule has 6 nitrogen and oxygen atoms in total. The lowest BCUT2D eigenvalue weighted by molar-refractivity contribution is -0.129. The smallest absolute Gasteiger partial charge is 0.226 e. The number of nitrogens with zero attached hydrogens (tertiary/aromatic N) is 1. The molecule has 2 heterocycles. The van der Waals surface area contributed by atoms with Gasteiger partial charge in [0.05, 0.1) is 25.5 Å². The normalized spacial score (nSPS) is 32.7. The van der Waals surface area contributed by atoms with Crippen LogP contribution in [0.15, 0.2) is 12.5 Å². The molecule has 1 saturated carbocycles. The van der Waals surface area contributed by atoms with Gasteiger partial charge in [0.15, 0.2) is 0 Å². The molecular weight excluding hydrogens is 246 g/mol. The van der Waals surface area contributed by atoms with Crippen molar-refractivity contribution in [3.63, 3.8) is 0 Å². The Morgan fingerprint density at radius 2 is 2.58 bits per heavy atom. The number of fused-ring (bicyclic) bond motifs is 1. The number of hydrogen-bond donors (Lipinski definition) is 2. The van der Waals surface area contributed by atoms with E-state index < -0.39 is 0 Å². The van der Waals surface area contributed by atoms with Crippen LogP contribution in [0.25, 0.3) is 0 Å². The first-order valence-corrected chi connectivity index (χ1v) is 6.66. The van der Waals surface area contributed by atoms with Gasteiger partial charge in [-0.2, -0.15) is 0 Å². The standard InChI is InChI=1S/C13H19N3O3/c1-18-6-10-12(9-2-3-19-13(9)10)16-11(17)4-8-5-14-7-15-8/h5,7,9-10,12-13H,2-4,6H2,1H3,(H,14,15)(H,16,17)/t9-,10+,12+,13-/m0/s1. The lowest BCUT2D eigenvalue weighted by atomic mass is 9.67. The second kappa shape index (κ2) is 5.30. The summed E-state index contributed by atoms with van der Waals surface area (Å²) in [4.78, 5) is 18.9. The molecule has 1 aliphatic carbocycles. The highest BCUT2D eigenvalue weighted by Gasteiger charge is 2.54. The Kier molecular flexibility index (Phi) is 3.52. The van der Waals surface area contributed by atoms with Crippen molar-refractivity contribution in [1.82, 2.24) is 15.3 Å². The molecule has 104 valence electrons. The molecule has 19 heavy (non-hydrogen) atoms. The monoisotopic (exact) mass is 265 g/mol. The lowest BCUT2D eigenvalue weighted by Gasteiger charge is -2.47. The van der Waals surface area contributed by atoms with E-state index in [1.807, 2.05) is 0 Å². The van der Waals surface area contributed by atoms with Gasteiger partial charge in [0.1, 0.15) is 0 Å². The van der Waals surface area contributed by atoms with Crippen LogP contribution >= 0.6 is 0 Å². The minimum atomic E-state index is 0.0284. The van der Waals surface area contributed by atoms with Gasteiger partial charge in [0, 0.05) is 43.5 Å². The summed E-state index contributed by atoms with van der Waals surface area (Å²) in [5.74, 6) is 0.759. The van der Waals surface area contributed by atoms with Gasteiger partial charge in [0.25, 0.3) is 0 Å². The molecule has 1 aromatic rings. The Hall–Kier alpha value is -1.40. The molecule has 1 amide bonds. The number of H-pyrrole nitrogens is 1. The van der Waals surface area contributed by atoms with Crippen LogP contribution in [0.4, 0.5) is 0 Å². The third-order valence-electron chi connectivity index (χ3n) is 4.12. The molecular formula is C13H19N3O3. The zero-order chi connectivity index (χ0) is 13.2. The van der Waals surface area contributed by atoms with E-state index in [-0.39, 0.29) is 24.0 Å². The summed E-state index contributed by atoms with van der Waals surface area (Å²) in [7, 11) is 1.69. The number of ether oxygens (including phenoxy) is 2. The zero-order valence-electron chi connectivity index (χ0n) is 11.0. The molecule has 2 aliphatic rings. The van der Waals surface area contributed by atoms with Crippen molar-refractivity contribution in [2.75, 3.05) is 20.3 Å². The summed E-state index contributed by atoms with van der Waals surface area (Å²) in [5.41, 5.74) is 0.833. The van der Waals surface area contributed by atoms with E-state index in [0.717, 1.165) is 18.7 Å². The molecule has 1 aromatic heterocycles. The maximum Gasteiger partial charge on any atom is 0.226 e. The number of imidazole rings is 1. The highest BCUT2D eigenvalue weighted by Crippen LogP contribution is 2.43. The highest BCUT2D eigenvalue weighted by atomic mass is 16.5. The second-order valence-electron chi connectivity index (χ2n) is 5.25. The highest BCUT2D eigenvalue weighted by molar-refractivity contribution is 5.78. The maximum atomic E-state index is 12.0. The topological polar surface area (TPSA) is 76.2 Å². The SMILES string of the molecule is COC[C@@H]1[C@H](NC(=O)Cc2cnc[nH]2)[C@@H]2CCO[C@H]12. The van der Waals surface area contributed by atoms with Crippen molar-refractivity contribution < 1.29 is 14.3 Å². The van der Waals surface area contributed by atoms with Gasteiger partial charge in [-0.1, -0.05) is 0 Å². The summed E-state index contributed by atoms with van der Waals surface area (Å²) in [5, 5.41) is 3.11. The number of amides is 1. The van der Waals surface area contributed by atoms with Crippen LogP contribution in [0.1, 0.15) is 12.1 Å². The quantitative estimate of drug-likeness (QED) is 0.793. The van der Waals surface area contributed by atoms with Crippen molar-refractivity contribution in [2.24, 2.45) is 11.8 Å². The molecule has 4 atom stereocenters. The molecule has 1 saturated heterocycles. The molecule has 0 radical (unpaired) electrons. The summed E-state index contributed by atoms with van der Waals surface area (Å²) in [6, 6.07) is 0.183. The third kappa shape index (κ3) is 2.37. The molecule has 1 aliphatic heterocycles. The molecule has 0 spiro atoms. The van der Waals surface area contributed by atoms with E-state index >= 15 is 0 Å². The van der Waals surface area contributed by atoms with Crippen molar-refractivity contribution in [1.29, 1.82) is 0 Å². The van der Waals surface area contributed by atoms with E-state index in [9.17, 15) is 4.79 Å². The average Bonchev–Trinajstić information content (AvgIpc) is 3.02. The van der Waals surface area contributed by atoms with Gasteiger partial charge < -0.3 is 19.8 Å². The number of aromatic amines is 1. The number of carbonyl (C=O) groups is 1. The van der Waals surface area contributed by atoms with E-state index in [1.165, 1.54) is 0 Å². The van der Waals surface area contributed by atoms with Crippen LogP contribution in [0.2, 0.25) is 0 Å². The fourth-order valence-corrected chi connectivity index (χ4v) is 3.23. The van der Waals surface area contributed by atoms with E-state index in [1.54, 1.807) is 19.6 Å². The van der Waals surface area contributed by atoms with Crippen LogP contribution in [0, 0.1) is 11.8 Å². The van der Waals surface area contributed by atoms with Gasteiger partial charge in [-0.15, -0.1) is 0 Å². The van der Waals surface area contributed by atoms with Gasteiger partial charge in [-0.25, -0.2) is 4.98 Å². The minimum Gasteiger partial charge on any atom is -0.384 e. The Morgan fingerprint density at radius 1 is 1.68 bits per heavy atom. The first-order valence-electron chi connectivity index (χ1n) is 6.66. The Morgan fingerprint density at radius 3 is 3.32 bits per heavy atom. The fourth-order valence-electron chi connectivity index (χ4n) is 3.23. The van der Waals surface area contributed by atoms with Crippen LogP contribution in [-0.4, -0.2) is 48.3 Å². The van der Waals surface area contributed by atoms with Crippen LogP contribution < -0.4 is 5.32 Å². The van der Waals surface area contributed by atoms with Gasteiger partial charge in [0.2, 0.25) is 5.91 Å². The molecule has 0 bridgehead atoms. The Bertz CT molecular complexity index is 434. The molecule has 6 heteroatoms. The number of rotatable bonds is 5. The molecule has 2 N–H and O–H groups in total. The summed E-state index contributed by atoms with van der Waals surface area (Å²) < 4.78 is 10.9. The van der Waals surface area contributed by atoms with E-state index in [2.05, 4.69) is 15.3 Å². The zero-order valence-corrected chi connectivity index (χ0v) is 11.0. The molecule has 0 aromatic carbocycles. The summed E-state index contributed by atoms with van der Waals surface area (Å²) in [6.07, 6.45) is 4.89. The first kappa shape index (κ1) is 12.6. The molecule has 2 fully saturated rings. The van der Waals surface area contributed by atoms with Crippen molar-refractivity contribution >= 4 is 5.91 Å². The van der Waals surface area contributed by atoms with Crippen LogP contribution in [-0.2, 0) is 20.7 Å². The van der Waals surface area contributed by atoms with E-state index in [4.69, 9.17) is 9.47 Å². The molecule has 3 rings (SSSR count). The van der Waals surface area contributed by atoms with E-state index in [0.29, 0.717) is 18.9 Å². The van der Waals surface area contributed by atoms with Crippen molar-refractivity contribution in [3.8, 4) is 0 Å². The lowest BCUT2D eigenvalue weighted by Crippen LogP contribution is -2.62. The summed E-state index contributed by atoms with van der Waals surface area (Å²) >= 11 is 0. The van der Waals surface area contributed by atoms with Gasteiger partial charge in [-0.3, -0.25) is 4.79 Å². The number of hydrogen-bond acceptors (Lipinski definition) is 4. The predicted octanol–water partition coefficient (Wildman–Crippen LogP) is 0.118. The van der Waals surface area contributed by atoms with Gasteiger partial charge in [-0.05, 0) is 6.42 Å². The number of carbonyl (C=O) groups excluding carboxylic acids is 1. The number of aromatic nitrogens is 2.